The SMILES string of the molecule is CCOC(=O)c1cn2c3c(c(Cl)ccc3c1=O)N(C)CC2C. The highest BCUT2D eigenvalue weighted by atomic mass is 35.5. The van der Waals surface area contributed by atoms with Gasteiger partial charge in [-0.25, -0.2) is 4.79 Å². The third kappa shape index (κ3) is 2.08. The molecule has 0 saturated heterocycles. The number of halogens is 1. The molecule has 1 unspecified atom stereocenters. The van der Waals surface area contributed by atoms with Gasteiger partial charge in [0.2, 0.25) is 5.43 Å². The van der Waals surface area contributed by atoms with Gasteiger partial charge in [0.25, 0.3) is 0 Å². The average Bonchev–Trinajstić information content (AvgIpc) is 2.46. The van der Waals surface area contributed by atoms with Gasteiger partial charge < -0.3 is 14.2 Å². The number of hydrogen-bond donors (Lipinski definition) is 0. The van der Waals surface area contributed by atoms with Crippen molar-refractivity contribution < 1.29 is 9.53 Å². The first-order valence-electron chi connectivity index (χ1n) is 7.21. The van der Waals surface area contributed by atoms with Gasteiger partial charge in [-0.15, -0.1) is 0 Å². The summed E-state index contributed by atoms with van der Waals surface area (Å²) >= 11 is 6.31. The molecule has 0 amide bonds. The van der Waals surface area contributed by atoms with Crippen LogP contribution >= 0.6 is 11.6 Å². The maximum atomic E-state index is 12.6. The molecule has 22 heavy (non-hydrogen) atoms. The van der Waals surface area contributed by atoms with E-state index in [1.54, 1.807) is 25.3 Å². The molecule has 1 aliphatic rings. The number of likely N-dealkylation sites (N-methyl/N-ethyl adjacent to an activating group) is 1. The number of rotatable bonds is 2. The second kappa shape index (κ2) is 5.32. The molecule has 0 saturated carbocycles. The van der Waals surface area contributed by atoms with Crippen molar-refractivity contribution in [3.05, 3.63) is 39.1 Å². The van der Waals surface area contributed by atoms with Crippen molar-refractivity contribution in [1.82, 2.24) is 4.57 Å². The second-order valence-electron chi connectivity index (χ2n) is 5.52. The second-order valence-corrected chi connectivity index (χ2v) is 5.93. The van der Waals surface area contributed by atoms with Gasteiger partial charge >= 0.3 is 5.97 Å². The first-order valence-corrected chi connectivity index (χ1v) is 7.59. The van der Waals surface area contributed by atoms with Gasteiger partial charge in [0.05, 0.1) is 22.8 Å². The van der Waals surface area contributed by atoms with E-state index in [0.29, 0.717) is 10.4 Å². The number of carbonyl (C=O) groups excluding carboxylic acids is 1. The van der Waals surface area contributed by atoms with Gasteiger partial charge in [-0.05, 0) is 26.0 Å². The molecule has 3 rings (SSSR count). The molecule has 1 aromatic heterocycles. The highest BCUT2D eigenvalue weighted by Crippen LogP contribution is 2.37. The van der Waals surface area contributed by atoms with Crippen LogP contribution in [-0.4, -0.2) is 30.7 Å². The number of nitrogens with zero attached hydrogens (tertiary/aromatic N) is 2. The van der Waals surface area contributed by atoms with Crippen LogP contribution in [-0.2, 0) is 4.74 Å². The van der Waals surface area contributed by atoms with Gasteiger partial charge in [-0.3, -0.25) is 4.79 Å². The van der Waals surface area contributed by atoms with Crippen molar-refractivity contribution in [2.45, 2.75) is 19.9 Å². The van der Waals surface area contributed by atoms with E-state index in [1.807, 2.05) is 23.4 Å². The lowest BCUT2D eigenvalue weighted by molar-refractivity contribution is 0.0524. The van der Waals surface area contributed by atoms with Crippen molar-refractivity contribution >= 4 is 34.2 Å². The normalized spacial score (nSPS) is 16.9. The van der Waals surface area contributed by atoms with Gasteiger partial charge in [0.1, 0.15) is 5.56 Å². The van der Waals surface area contributed by atoms with Crippen LogP contribution in [0.4, 0.5) is 5.69 Å². The van der Waals surface area contributed by atoms with E-state index in [-0.39, 0.29) is 23.6 Å². The number of hydrogen-bond acceptors (Lipinski definition) is 4. The Labute approximate surface area is 133 Å². The van der Waals surface area contributed by atoms with E-state index in [9.17, 15) is 9.59 Å². The lowest BCUT2D eigenvalue weighted by atomic mass is 10.1. The summed E-state index contributed by atoms with van der Waals surface area (Å²) in [5, 5.41) is 1.09. The number of esters is 1. The Kier molecular flexibility index (Phi) is 3.60. The number of ether oxygens (including phenoxy) is 1. The molecule has 0 aliphatic carbocycles. The van der Waals surface area contributed by atoms with Crippen molar-refractivity contribution in [3.8, 4) is 0 Å². The highest BCUT2D eigenvalue weighted by molar-refractivity contribution is 6.35. The Morgan fingerprint density at radius 3 is 2.86 bits per heavy atom. The topological polar surface area (TPSA) is 51.5 Å². The number of aromatic nitrogens is 1. The van der Waals surface area contributed by atoms with Crippen LogP contribution in [0.2, 0.25) is 5.02 Å². The molecule has 0 spiro atoms. The largest absolute Gasteiger partial charge is 0.462 e. The van der Waals surface area contributed by atoms with Crippen LogP contribution in [0.3, 0.4) is 0 Å². The molecular formula is C16H17ClN2O3. The van der Waals surface area contributed by atoms with Gasteiger partial charge in [0, 0.05) is 31.2 Å². The summed E-state index contributed by atoms with van der Waals surface area (Å²) in [7, 11) is 1.95. The van der Waals surface area contributed by atoms with E-state index < -0.39 is 5.97 Å². The zero-order valence-electron chi connectivity index (χ0n) is 12.7. The standard InChI is InChI=1S/C16H17ClN2O3/c1-4-22-16(21)11-8-19-9(2)7-18(3)14-12(17)6-5-10(13(14)19)15(11)20/h5-6,8-9H,4,7H2,1-3H3. The first kappa shape index (κ1) is 14.9. The van der Waals surface area contributed by atoms with Gasteiger partial charge in [-0.1, -0.05) is 11.6 Å². The molecule has 1 aromatic carbocycles. The molecule has 0 N–H and O–H groups in total. The lowest BCUT2D eigenvalue weighted by Gasteiger charge is -2.34. The Morgan fingerprint density at radius 2 is 2.18 bits per heavy atom. The van der Waals surface area contributed by atoms with Crippen LogP contribution in [0.5, 0.6) is 0 Å². The summed E-state index contributed by atoms with van der Waals surface area (Å²) in [6, 6.07) is 3.49. The summed E-state index contributed by atoms with van der Waals surface area (Å²) in [5.74, 6) is -0.583. The zero-order chi connectivity index (χ0) is 16.0. The molecule has 2 heterocycles. The predicted molar refractivity (Wildman–Crippen MR) is 87.2 cm³/mol. The van der Waals surface area contributed by atoms with Crippen molar-refractivity contribution in [1.29, 1.82) is 0 Å². The van der Waals surface area contributed by atoms with E-state index in [2.05, 4.69) is 0 Å². The lowest BCUT2D eigenvalue weighted by Crippen LogP contribution is -2.34. The van der Waals surface area contributed by atoms with E-state index in [4.69, 9.17) is 16.3 Å². The summed E-state index contributed by atoms with van der Waals surface area (Å²) in [5.41, 5.74) is 1.35. The number of pyridine rings is 1. The van der Waals surface area contributed by atoms with Crippen LogP contribution in [0.15, 0.2) is 23.1 Å². The van der Waals surface area contributed by atoms with Crippen LogP contribution < -0.4 is 10.3 Å². The average molecular weight is 321 g/mol. The quantitative estimate of drug-likeness (QED) is 0.798. The number of carbonyl (C=O) groups is 1. The Hall–Kier alpha value is -2.01. The summed E-state index contributed by atoms with van der Waals surface area (Å²) < 4.78 is 6.95. The molecule has 0 fully saturated rings. The third-order valence-corrected chi connectivity index (χ3v) is 4.31. The van der Waals surface area contributed by atoms with E-state index >= 15 is 0 Å². The highest BCUT2D eigenvalue weighted by Gasteiger charge is 2.27. The fourth-order valence-electron chi connectivity index (χ4n) is 3.05. The van der Waals surface area contributed by atoms with Crippen LogP contribution in [0.25, 0.3) is 10.9 Å². The molecule has 0 bridgehead atoms. The predicted octanol–water partition coefficient (Wildman–Crippen LogP) is 2.84. The maximum Gasteiger partial charge on any atom is 0.343 e. The Morgan fingerprint density at radius 1 is 1.45 bits per heavy atom. The monoisotopic (exact) mass is 320 g/mol. The van der Waals surface area contributed by atoms with Crippen molar-refractivity contribution in [2.24, 2.45) is 0 Å². The van der Waals surface area contributed by atoms with Gasteiger partial charge in [-0.2, -0.15) is 0 Å². The Balaban J connectivity index is 2.40. The zero-order valence-corrected chi connectivity index (χ0v) is 13.5. The number of anilines is 1. The summed E-state index contributed by atoms with van der Waals surface area (Å²) in [4.78, 5) is 26.7. The van der Waals surface area contributed by atoms with Gasteiger partial charge in [0.15, 0.2) is 0 Å². The van der Waals surface area contributed by atoms with Crippen LogP contribution in [0, 0.1) is 0 Å². The first-order chi connectivity index (χ1) is 10.5. The Bertz CT molecular complexity index is 828. The fraction of sp³-hybridized carbons (Fsp3) is 0.375. The third-order valence-electron chi connectivity index (χ3n) is 4.01. The summed E-state index contributed by atoms with van der Waals surface area (Å²) in [6.07, 6.45) is 1.60. The molecule has 0 radical (unpaired) electrons. The molecule has 116 valence electrons. The fourth-order valence-corrected chi connectivity index (χ4v) is 3.34. The molecule has 1 aliphatic heterocycles. The molecule has 2 aromatic rings. The maximum absolute atomic E-state index is 12.6. The molecular weight excluding hydrogens is 304 g/mol. The molecule has 5 nitrogen and oxygen atoms in total. The minimum absolute atomic E-state index is 0.0685. The summed E-state index contributed by atoms with van der Waals surface area (Å²) in [6.45, 7) is 4.74. The molecule has 1 atom stereocenters. The van der Waals surface area contributed by atoms with E-state index in [0.717, 1.165) is 17.7 Å². The molecule has 6 heteroatoms. The minimum atomic E-state index is -0.583. The smallest absolute Gasteiger partial charge is 0.343 e. The van der Waals surface area contributed by atoms with Crippen molar-refractivity contribution in [2.75, 3.05) is 25.1 Å². The number of benzene rings is 1. The van der Waals surface area contributed by atoms with Crippen molar-refractivity contribution in [3.63, 3.8) is 0 Å². The minimum Gasteiger partial charge on any atom is -0.462 e. The van der Waals surface area contributed by atoms with Crippen LogP contribution in [0.1, 0.15) is 30.2 Å². The van der Waals surface area contributed by atoms with E-state index in [1.165, 1.54) is 0 Å².